The summed E-state index contributed by atoms with van der Waals surface area (Å²) >= 11 is 0. The number of benzene rings is 2. The van der Waals surface area contributed by atoms with Gasteiger partial charge in [-0.05, 0) is 61.2 Å². The molecular weight excluding hydrogens is 617 g/mol. The topological polar surface area (TPSA) is 169 Å². The van der Waals surface area contributed by atoms with E-state index in [1.807, 2.05) is 32.8 Å². The highest BCUT2D eigenvalue weighted by atomic mass is 32.2. The molecule has 4 rings (SSSR count). The zero-order valence-corrected chi connectivity index (χ0v) is 27.7. The molecule has 0 spiro atoms. The SMILES string of the molecule is CCCC[C@]1(CC)CS(=O)(=O)c2ccc(N(C)C)cc2[C@@H](c2cccc(NC(=O)N/C(C)=C3\O[C@H](CO)[C@@H](F)[C@H](O)[C@H]3O)c2)[C@H]1O. The zero-order valence-electron chi connectivity index (χ0n) is 26.9. The molecular formula is C33H46FN3O8S. The van der Waals surface area contributed by atoms with Crippen molar-refractivity contribution in [3.05, 3.63) is 65.0 Å². The predicted octanol–water partition coefficient (Wildman–Crippen LogP) is 3.42. The van der Waals surface area contributed by atoms with Gasteiger partial charge in [0.15, 0.2) is 22.1 Å². The molecule has 0 saturated carbocycles. The molecule has 6 N–H and O–H groups in total. The van der Waals surface area contributed by atoms with E-state index in [0.717, 1.165) is 18.5 Å². The maximum absolute atomic E-state index is 14.2. The number of sulfone groups is 1. The molecule has 7 atom stereocenters. The maximum atomic E-state index is 14.2. The van der Waals surface area contributed by atoms with Crippen LogP contribution in [-0.4, -0.2) is 91.9 Å². The third kappa shape index (κ3) is 7.03. The molecule has 0 radical (unpaired) electrons. The smallest absolute Gasteiger partial charge is 0.323 e. The van der Waals surface area contributed by atoms with Gasteiger partial charge in [-0.15, -0.1) is 0 Å². The summed E-state index contributed by atoms with van der Waals surface area (Å²) in [5.41, 5.74) is 1.31. The Morgan fingerprint density at radius 3 is 2.48 bits per heavy atom. The first-order valence-electron chi connectivity index (χ1n) is 15.6. The van der Waals surface area contributed by atoms with E-state index in [-0.39, 0.29) is 22.1 Å². The van der Waals surface area contributed by atoms with Gasteiger partial charge in [-0.2, -0.15) is 0 Å². The number of unbranched alkanes of at least 4 members (excludes halogenated alkanes) is 1. The number of ether oxygens (including phenoxy) is 1. The highest BCUT2D eigenvalue weighted by molar-refractivity contribution is 7.91. The van der Waals surface area contributed by atoms with E-state index >= 15 is 0 Å². The Balaban J connectivity index is 1.72. The number of aliphatic hydroxyl groups excluding tert-OH is 4. The second-order valence-electron chi connectivity index (χ2n) is 12.5. The van der Waals surface area contributed by atoms with Crippen molar-refractivity contribution >= 4 is 27.2 Å². The number of aliphatic hydroxyl groups is 4. The van der Waals surface area contributed by atoms with Crippen LogP contribution in [0.1, 0.15) is 63.5 Å². The fraction of sp³-hybridized carbons (Fsp3) is 0.545. The fourth-order valence-corrected chi connectivity index (χ4v) is 8.76. The van der Waals surface area contributed by atoms with Crippen molar-refractivity contribution < 1.29 is 42.8 Å². The molecule has 2 aliphatic heterocycles. The average Bonchev–Trinajstić information content (AvgIpc) is 3.08. The number of hydrogen-bond donors (Lipinski definition) is 6. The summed E-state index contributed by atoms with van der Waals surface area (Å²) in [4.78, 5) is 15.1. The Kier molecular flexibility index (Phi) is 11.0. The second kappa shape index (κ2) is 14.3. The van der Waals surface area contributed by atoms with Gasteiger partial charge in [-0.25, -0.2) is 17.6 Å². The molecule has 13 heteroatoms. The predicted molar refractivity (Wildman–Crippen MR) is 173 cm³/mol. The molecule has 2 aliphatic rings. The third-order valence-electron chi connectivity index (χ3n) is 9.24. The van der Waals surface area contributed by atoms with Crippen molar-refractivity contribution in [1.82, 2.24) is 5.32 Å². The lowest BCUT2D eigenvalue weighted by atomic mass is 9.69. The average molecular weight is 664 g/mol. The van der Waals surface area contributed by atoms with Crippen LogP contribution in [-0.2, 0) is 14.6 Å². The molecule has 0 bridgehead atoms. The third-order valence-corrected chi connectivity index (χ3v) is 11.2. The van der Waals surface area contributed by atoms with Crippen LogP contribution in [0.4, 0.5) is 20.6 Å². The van der Waals surface area contributed by atoms with Gasteiger partial charge in [0, 0.05) is 36.8 Å². The van der Waals surface area contributed by atoms with Crippen LogP contribution < -0.4 is 15.5 Å². The van der Waals surface area contributed by atoms with Crippen LogP contribution in [0, 0.1) is 5.41 Å². The van der Waals surface area contributed by atoms with Crippen LogP contribution in [0.15, 0.2) is 58.8 Å². The van der Waals surface area contributed by atoms with Crippen LogP contribution in [0.25, 0.3) is 0 Å². The number of nitrogens with zero attached hydrogens (tertiary/aromatic N) is 1. The van der Waals surface area contributed by atoms with Crippen LogP contribution in [0.5, 0.6) is 0 Å². The summed E-state index contributed by atoms with van der Waals surface area (Å²) < 4.78 is 47.3. The number of alkyl halides is 1. The Labute approximate surface area is 270 Å². The molecule has 2 amide bonds. The van der Waals surface area contributed by atoms with Crippen LogP contribution in [0.2, 0.25) is 0 Å². The van der Waals surface area contributed by atoms with E-state index in [4.69, 9.17) is 4.74 Å². The van der Waals surface area contributed by atoms with Gasteiger partial charge in [0.25, 0.3) is 0 Å². The van der Waals surface area contributed by atoms with Gasteiger partial charge >= 0.3 is 6.03 Å². The normalized spacial score (nSPS) is 30.0. The number of halogens is 1. The van der Waals surface area contributed by atoms with Crippen molar-refractivity contribution in [3.63, 3.8) is 0 Å². The second-order valence-corrected chi connectivity index (χ2v) is 14.5. The molecule has 1 fully saturated rings. The lowest BCUT2D eigenvalue weighted by Gasteiger charge is -2.39. The maximum Gasteiger partial charge on any atom is 0.323 e. The number of anilines is 2. The molecule has 254 valence electrons. The van der Waals surface area contributed by atoms with E-state index in [1.54, 1.807) is 42.5 Å². The number of rotatable bonds is 9. The molecule has 2 heterocycles. The molecule has 46 heavy (non-hydrogen) atoms. The highest BCUT2D eigenvalue weighted by Gasteiger charge is 2.49. The first-order valence-corrected chi connectivity index (χ1v) is 17.2. The van der Waals surface area contributed by atoms with Crippen molar-refractivity contribution in [2.45, 2.75) is 87.9 Å². The molecule has 0 unspecified atom stereocenters. The van der Waals surface area contributed by atoms with Gasteiger partial charge in [0.2, 0.25) is 0 Å². The number of amides is 2. The van der Waals surface area contributed by atoms with Crippen LogP contribution in [0.3, 0.4) is 0 Å². The van der Waals surface area contributed by atoms with Crippen molar-refractivity contribution in [2.24, 2.45) is 5.41 Å². The van der Waals surface area contributed by atoms with Gasteiger partial charge in [0.1, 0.15) is 18.0 Å². The Morgan fingerprint density at radius 1 is 1.13 bits per heavy atom. The lowest BCUT2D eigenvalue weighted by molar-refractivity contribution is -0.140. The standard InChI is InChI=1S/C33H46FN3O8S/c1-6-8-14-33(7-2)18-46(43,44)25-13-12-22(37(4)5)16-23(25)26(31(33)41)20-10-9-11-21(15-20)36-32(42)35-19(3)30-29(40)28(39)27(34)24(17-38)45-30/h9-13,15-16,24,26-29,31,38-41H,6-8,14,17-18H2,1-5H3,(H2,35,36,42)/b30-19-/t24-,26-,27-,28+,29-,31-,33-/m1/s1. The van der Waals surface area contributed by atoms with Gasteiger partial charge in [-0.1, -0.05) is 38.8 Å². The highest BCUT2D eigenvalue weighted by Crippen LogP contribution is 2.49. The summed E-state index contributed by atoms with van der Waals surface area (Å²) in [5.74, 6) is -1.18. The fourth-order valence-electron chi connectivity index (χ4n) is 6.50. The van der Waals surface area contributed by atoms with E-state index < -0.39 is 64.4 Å². The molecule has 11 nitrogen and oxygen atoms in total. The first kappa shape index (κ1) is 35.6. The summed E-state index contributed by atoms with van der Waals surface area (Å²) in [7, 11) is -0.0578. The summed E-state index contributed by atoms with van der Waals surface area (Å²) in [6.45, 7) is 4.59. The van der Waals surface area contributed by atoms with Gasteiger partial charge < -0.3 is 40.7 Å². The first-order chi connectivity index (χ1) is 21.7. The number of urea groups is 1. The minimum atomic E-state index is -3.77. The van der Waals surface area contributed by atoms with E-state index in [0.29, 0.717) is 29.7 Å². The number of fused-ring (bicyclic) bond motifs is 1. The number of carbonyl (C=O) groups excluding carboxylic acids is 1. The molecule has 2 aromatic rings. The molecule has 2 aromatic carbocycles. The quantitative estimate of drug-likeness (QED) is 0.236. The largest absolute Gasteiger partial charge is 0.485 e. The van der Waals surface area contributed by atoms with Gasteiger partial charge in [0.05, 0.1) is 29.1 Å². The summed E-state index contributed by atoms with van der Waals surface area (Å²) in [6, 6.07) is 11.3. The van der Waals surface area contributed by atoms with Crippen LogP contribution >= 0.6 is 0 Å². The minimum Gasteiger partial charge on any atom is -0.485 e. The van der Waals surface area contributed by atoms with Crippen molar-refractivity contribution in [3.8, 4) is 0 Å². The molecule has 0 aliphatic carbocycles. The van der Waals surface area contributed by atoms with Crippen molar-refractivity contribution in [2.75, 3.05) is 36.7 Å². The van der Waals surface area contributed by atoms with Gasteiger partial charge in [-0.3, -0.25) is 0 Å². The number of hydrogen-bond acceptors (Lipinski definition) is 9. The number of nitrogens with one attached hydrogen (secondary N) is 2. The molecule has 1 saturated heterocycles. The number of allylic oxidation sites excluding steroid dienone is 1. The summed E-state index contributed by atoms with van der Waals surface area (Å²) in [6.07, 6.45) is -5.51. The monoisotopic (exact) mass is 663 g/mol. The number of carbonyl (C=O) groups is 1. The van der Waals surface area contributed by atoms with Crippen molar-refractivity contribution in [1.29, 1.82) is 0 Å². The van der Waals surface area contributed by atoms with E-state index in [2.05, 4.69) is 10.6 Å². The van der Waals surface area contributed by atoms with E-state index in [9.17, 15) is 38.0 Å². The van der Waals surface area contributed by atoms with E-state index in [1.165, 1.54) is 6.92 Å². The zero-order chi connectivity index (χ0) is 34.0. The summed E-state index contributed by atoms with van der Waals surface area (Å²) in [5, 5.41) is 47.2. The Bertz CT molecular complexity index is 1550. The minimum absolute atomic E-state index is 0.00347. The Morgan fingerprint density at radius 2 is 1.85 bits per heavy atom. The molecule has 0 aromatic heterocycles. The lowest BCUT2D eigenvalue weighted by Crippen LogP contribution is -2.51. The Hall–Kier alpha value is -3.23.